The molecule has 2 aromatic carbocycles. The number of aliphatic carboxylic acids is 1. The standard InChI is InChI=1S/C25H30N2O6/c1-14(28)20(23(30)31)26-22(29)21(25(2,3)4)27-24(32)33-13-19-17-11-7-5-9-15(17)16-10-6-8-12-18(16)19/h5-12,14,19-21,28H,13H2,1-4H3,(H,26,29)(H,27,32)(H,30,31)/t14?,20?,21-/m1/s1. The largest absolute Gasteiger partial charge is 0.480 e. The molecule has 0 radical (unpaired) electrons. The smallest absolute Gasteiger partial charge is 0.407 e. The summed E-state index contributed by atoms with van der Waals surface area (Å²) in [6, 6.07) is 13.3. The molecule has 2 amide bonds. The molecule has 0 bridgehead atoms. The van der Waals surface area contributed by atoms with Crippen LogP contribution in [0.15, 0.2) is 48.5 Å². The van der Waals surface area contributed by atoms with E-state index in [1.54, 1.807) is 20.8 Å². The van der Waals surface area contributed by atoms with Gasteiger partial charge in [-0.2, -0.15) is 0 Å². The number of hydrogen-bond acceptors (Lipinski definition) is 5. The van der Waals surface area contributed by atoms with Gasteiger partial charge in [0.05, 0.1) is 6.10 Å². The van der Waals surface area contributed by atoms with Crippen LogP contribution in [-0.2, 0) is 14.3 Å². The number of carbonyl (C=O) groups is 3. The minimum absolute atomic E-state index is 0.0871. The summed E-state index contributed by atoms with van der Waals surface area (Å²) in [5.41, 5.74) is 3.60. The van der Waals surface area contributed by atoms with Crippen molar-refractivity contribution >= 4 is 18.0 Å². The van der Waals surface area contributed by atoms with Crippen LogP contribution < -0.4 is 10.6 Å². The van der Waals surface area contributed by atoms with E-state index in [-0.39, 0.29) is 12.5 Å². The first kappa shape index (κ1) is 24.3. The molecular weight excluding hydrogens is 424 g/mol. The van der Waals surface area contributed by atoms with Crippen molar-refractivity contribution in [2.24, 2.45) is 5.41 Å². The Morgan fingerprint density at radius 1 is 0.970 bits per heavy atom. The van der Waals surface area contributed by atoms with Crippen LogP contribution in [-0.4, -0.2) is 53.0 Å². The number of aliphatic hydroxyl groups excluding tert-OH is 1. The van der Waals surface area contributed by atoms with Crippen LogP contribution in [0.5, 0.6) is 0 Å². The van der Waals surface area contributed by atoms with E-state index < -0.39 is 41.6 Å². The lowest BCUT2D eigenvalue weighted by Gasteiger charge is -2.31. The van der Waals surface area contributed by atoms with Gasteiger partial charge in [-0.05, 0) is 34.6 Å². The molecule has 0 spiro atoms. The number of benzene rings is 2. The average Bonchev–Trinajstić information content (AvgIpc) is 3.06. The Morgan fingerprint density at radius 3 is 1.94 bits per heavy atom. The minimum Gasteiger partial charge on any atom is -0.480 e. The third kappa shape index (κ3) is 5.34. The van der Waals surface area contributed by atoms with Crippen LogP contribution in [0.4, 0.5) is 4.79 Å². The summed E-state index contributed by atoms with van der Waals surface area (Å²) < 4.78 is 5.52. The number of hydrogen-bond donors (Lipinski definition) is 4. The molecule has 3 rings (SSSR count). The molecule has 0 saturated carbocycles. The van der Waals surface area contributed by atoms with Crippen LogP contribution in [0.25, 0.3) is 11.1 Å². The summed E-state index contributed by atoms with van der Waals surface area (Å²) in [6.07, 6.45) is -2.09. The van der Waals surface area contributed by atoms with E-state index in [2.05, 4.69) is 10.6 Å². The van der Waals surface area contributed by atoms with Gasteiger partial charge in [-0.25, -0.2) is 9.59 Å². The summed E-state index contributed by atoms with van der Waals surface area (Å²) in [4.78, 5) is 36.8. The number of amides is 2. The molecule has 0 fully saturated rings. The summed E-state index contributed by atoms with van der Waals surface area (Å²) >= 11 is 0. The Labute approximate surface area is 193 Å². The summed E-state index contributed by atoms with van der Waals surface area (Å²) in [5.74, 6) is -2.21. The number of ether oxygens (including phenoxy) is 1. The Hall–Kier alpha value is -3.39. The molecule has 1 aliphatic rings. The molecule has 0 saturated heterocycles. The Morgan fingerprint density at radius 2 is 1.48 bits per heavy atom. The third-order valence-electron chi connectivity index (χ3n) is 5.78. The SMILES string of the molecule is CC(O)C(NC(=O)[C@@H](NC(=O)OCC1c2ccccc2-c2ccccc21)C(C)(C)C)C(=O)O. The zero-order chi connectivity index (χ0) is 24.3. The first-order valence-corrected chi connectivity index (χ1v) is 10.8. The highest BCUT2D eigenvalue weighted by atomic mass is 16.5. The van der Waals surface area contributed by atoms with Crippen LogP contribution in [0, 0.1) is 5.41 Å². The molecule has 33 heavy (non-hydrogen) atoms. The zero-order valence-electron chi connectivity index (χ0n) is 19.2. The van der Waals surface area contributed by atoms with Gasteiger partial charge in [0, 0.05) is 5.92 Å². The van der Waals surface area contributed by atoms with E-state index in [1.165, 1.54) is 6.92 Å². The fourth-order valence-corrected chi connectivity index (χ4v) is 4.06. The first-order chi connectivity index (χ1) is 15.5. The van der Waals surface area contributed by atoms with Crippen LogP contribution in [0.1, 0.15) is 44.7 Å². The van der Waals surface area contributed by atoms with Crippen molar-refractivity contribution in [2.45, 2.75) is 51.8 Å². The second-order valence-electron chi connectivity index (χ2n) is 9.33. The van der Waals surface area contributed by atoms with Crippen molar-refractivity contribution in [1.82, 2.24) is 10.6 Å². The molecular formula is C25H30N2O6. The van der Waals surface area contributed by atoms with Gasteiger partial charge in [0.1, 0.15) is 12.6 Å². The Balaban J connectivity index is 1.71. The predicted molar refractivity (Wildman–Crippen MR) is 123 cm³/mol. The van der Waals surface area contributed by atoms with E-state index >= 15 is 0 Å². The van der Waals surface area contributed by atoms with E-state index in [4.69, 9.17) is 4.74 Å². The van der Waals surface area contributed by atoms with Crippen molar-refractivity contribution in [2.75, 3.05) is 6.61 Å². The number of fused-ring (bicyclic) bond motifs is 3. The monoisotopic (exact) mass is 454 g/mol. The second kappa shape index (κ2) is 9.62. The van der Waals surface area contributed by atoms with E-state index in [9.17, 15) is 24.6 Å². The molecule has 0 aromatic heterocycles. The summed E-state index contributed by atoms with van der Waals surface area (Å²) in [6.45, 7) is 6.56. The maximum Gasteiger partial charge on any atom is 0.407 e. The zero-order valence-corrected chi connectivity index (χ0v) is 19.2. The lowest BCUT2D eigenvalue weighted by molar-refractivity contribution is -0.145. The molecule has 8 nitrogen and oxygen atoms in total. The number of carboxylic acid groups (broad SMARTS) is 1. The van der Waals surface area contributed by atoms with Crippen LogP contribution >= 0.6 is 0 Å². The molecule has 0 heterocycles. The van der Waals surface area contributed by atoms with Gasteiger partial charge in [0.25, 0.3) is 0 Å². The fraction of sp³-hybridized carbons (Fsp3) is 0.400. The number of rotatable bonds is 7. The number of carbonyl (C=O) groups excluding carboxylic acids is 2. The van der Waals surface area contributed by atoms with Gasteiger partial charge >= 0.3 is 12.1 Å². The maximum absolute atomic E-state index is 12.8. The van der Waals surface area contributed by atoms with E-state index in [0.29, 0.717) is 0 Å². The van der Waals surface area contributed by atoms with Crippen molar-refractivity contribution in [3.8, 4) is 11.1 Å². The Bertz CT molecular complexity index is 998. The highest BCUT2D eigenvalue weighted by Gasteiger charge is 2.37. The number of alkyl carbamates (subject to hydrolysis) is 1. The second-order valence-corrected chi connectivity index (χ2v) is 9.33. The molecule has 2 unspecified atom stereocenters. The lowest BCUT2D eigenvalue weighted by Crippen LogP contribution is -2.58. The van der Waals surface area contributed by atoms with Gasteiger partial charge in [-0.15, -0.1) is 0 Å². The number of nitrogens with one attached hydrogen (secondary N) is 2. The van der Waals surface area contributed by atoms with Gasteiger partial charge in [-0.3, -0.25) is 4.79 Å². The summed E-state index contributed by atoms with van der Waals surface area (Å²) in [7, 11) is 0. The van der Waals surface area contributed by atoms with Crippen molar-refractivity contribution in [3.63, 3.8) is 0 Å². The van der Waals surface area contributed by atoms with E-state index in [0.717, 1.165) is 22.3 Å². The van der Waals surface area contributed by atoms with Crippen molar-refractivity contribution in [3.05, 3.63) is 59.7 Å². The highest BCUT2D eigenvalue weighted by molar-refractivity contribution is 5.90. The molecule has 0 aliphatic heterocycles. The normalized spacial score (nSPS) is 15.5. The Kier molecular flexibility index (Phi) is 7.07. The predicted octanol–water partition coefficient (Wildman–Crippen LogP) is 2.89. The highest BCUT2D eigenvalue weighted by Crippen LogP contribution is 2.44. The number of carboxylic acids is 1. The first-order valence-electron chi connectivity index (χ1n) is 10.8. The minimum atomic E-state index is -1.49. The van der Waals surface area contributed by atoms with Crippen molar-refractivity contribution in [1.29, 1.82) is 0 Å². The topological polar surface area (TPSA) is 125 Å². The van der Waals surface area contributed by atoms with Gasteiger partial charge in [0.2, 0.25) is 5.91 Å². The molecule has 3 atom stereocenters. The third-order valence-corrected chi connectivity index (χ3v) is 5.78. The summed E-state index contributed by atoms with van der Waals surface area (Å²) in [5, 5.41) is 23.8. The van der Waals surface area contributed by atoms with Crippen LogP contribution in [0.2, 0.25) is 0 Å². The lowest BCUT2D eigenvalue weighted by atomic mass is 9.86. The fourth-order valence-electron chi connectivity index (χ4n) is 4.06. The quantitative estimate of drug-likeness (QED) is 0.510. The van der Waals surface area contributed by atoms with Gasteiger partial charge < -0.3 is 25.6 Å². The van der Waals surface area contributed by atoms with Crippen molar-refractivity contribution < 1.29 is 29.3 Å². The maximum atomic E-state index is 12.8. The molecule has 2 aromatic rings. The number of aliphatic hydroxyl groups is 1. The van der Waals surface area contributed by atoms with E-state index in [1.807, 2.05) is 48.5 Å². The molecule has 1 aliphatic carbocycles. The molecule has 8 heteroatoms. The van der Waals surface area contributed by atoms with Gasteiger partial charge in [0.15, 0.2) is 6.04 Å². The molecule has 176 valence electrons. The van der Waals surface area contributed by atoms with Gasteiger partial charge in [-0.1, -0.05) is 69.3 Å². The average molecular weight is 455 g/mol. The van der Waals surface area contributed by atoms with Crippen LogP contribution in [0.3, 0.4) is 0 Å². The molecule has 4 N–H and O–H groups in total.